The summed E-state index contributed by atoms with van der Waals surface area (Å²) in [6.45, 7) is 7.12. The van der Waals surface area contributed by atoms with Crippen LogP contribution in [0.15, 0.2) is 24.3 Å². The molecule has 3 rings (SSSR count). The highest BCUT2D eigenvalue weighted by Gasteiger charge is 2.27. The minimum Gasteiger partial charge on any atom is -0.370 e. The van der Waals surface area contributed by atoms with Gasteiger partial charge in [-0.1, -0.05) is 32.0 Å². The largest absolute Gasteiger partial charge is 0.370 e. The lowest BCUT2D eigenvalue weighted by atomic mass is 9.98. The van der Waals surface area contributed by atoms with Crippen molar-refractivity contribution >= 4 is 26.6 Å². The fourth-order valence-electron chi connectivity index (χ4n) is 3.28. The molecule has 1 atom stereocenters. The van der Waals surface area contributed by atoms with Crippen molar-refractivity contribution in [1.29, 1.82) is 0 Å². The number of nitrogens with one attached hydrogen (secondary N) is 1. The summed E-state index contributed by atoms with van der Waals surface area (Å²) < 4.78 is 23.1. The molecule has 1 aliphatic rings. The van der Waals surface area contributed by atoms with Crippen LogP contribution in [0.2, 0.25) is 0 Å². The molecule has 2 aromatic rings. The van der Waals surface area contributed by atoms with E-state index in [1.54, 1.807) is 0 Å². The highest BCUT2D eigenvalue weighted by atomic mass is 32.2. The van der Waals surface area contributed by atoms with Gasteiger partial charge >= 0.3 is 0 Å². The normalized spacial score (nSPS) is 20.3. The lowest BCUT2D eigenvalue weighted by Gasteiger charge is -2.15. The molecule has 1 aromatic heterocycles. The Kier molecular flexibility index (Phi) is 4.32. The minimum absolute atomic E-state index is 0.193. The van der Waals surface area contributed by atoms with Gasteiger partial charge in [-0.05, 0) is 42.4 Å². The number of aryl methyl sites for hydroxylation is 1. The predicted molar refractivity (Wildman–Crippen MR) is 95.8 cm³/mol. The summed E-state index contributed by atoms with van der Waals surface area (Å²) in [6.07, 6.45) is 0.749. The SMILES string of the molecule is Cc1cc(NCC2CCS(=O)(=O)C2)nc2c(C(C)C)cccc12. The van der Waals surface area contributed by atoms with Crippen molar-refractivity contribution in [2.24, 2.45) is 5.92 Å². The van der Waals surface area contributed by atoms with Gasteiger partial charge in [0.2, 0.25) is 0 Å². The van der Waals surface area contributed by atoms with Crippen molar-refractivity contribution < 1.29 is 8.42 Å². The van der Waals surface area contributed by atoms with Crippen LogP contribution in [-0.4, -0.2) is 31.5 Å². The van der Waals surface area contributed by atoms with E-state index in [2.05, 4.69) is 50.4 Å². The smallest absolute Gasteiger partial charge is 0.150 e. The predicted octanol–water partition coefficient (Wildman–Crippen LogP) is 3.51. The van der Waals surface area contributed by atoms with Crippen LogP contribution in [0.4, 0.5) is 5.82 Å². The Bertz CT molecular complexity index is 828. The van der Waals surface area contributed by atoms with Gasteiger partial charge in [0.1, 0.15) is 5.82 Å². The molecule has 1 aromatic carbocycles. The maximum absolute atomic E-state index is 11.6. The molecule has 5 heteroatoms. The number of pyridine rings is 1. The van der Waals surface area contributed by atoms with E-state index in [0.717, 1.165) is 17.8 Å². The van der Waals surface area contributed by atoms with E-state index >= 15 is 0 Å². The summed E-state index contributed by atoms with van der Waals surface area (Å²) in [7, 11) is -2.82. The Balaban J connectivity index is 1.86. The number of nitrogens with zero attached hydrogens (tertiary/aromatic N) is 1. The van der Waals surface area contributed by atoms with Gasteiger partial charge < -0.3 is 5.32 Å². The maximum Gasteiger partial charge on any atom is 0.150 e. The van der Waals surface area contributed by atoms with E-state index < -0.39 is 9.84 Å². The van der Waals surface area contributed by atoms with E-state index in [1.165, 1.54) is 16.5 Å². The molecule has 1 aliphatic heterocycles. The fraction of sp³-hybridized carbons (Fsp3) is 0.500. The second-order valence-electron chi connectivity index (χ2n) is 6.87. The lowest BCUT2D eigenvalue weighted by molar-refractivity contribution is 0.595. The summed E-state index contributed by atoms with van der Waals surface area (Å²) in [6, 6.07) is 8.38. The number of benzene rings is 1. The van der Waals surface area contributed by atoms with Crippen molar-refractivity contribution in [3.05, 3.63) is 35.4 Å². The number of rotatable bonds is 4. The highest BCUT2D eigenvalue weighted by molar-refractivity contribution is 7.91. The van der Waals surface area contributed by atoms with Gasteiger partial charge in [0.25, 0.3) is 0 Å². The van der Waals surface area contributed by atoms with Crippen molar-refractivity contribution in [1.82, 2.24) is 4.98 Å². The Labute approximate surface area is 138 Å². The van der Waals surface area contributed by atoms with Gasteiger partial charge in [-0.25, -0.2) is 13.4 Å². The van der Waals surface area contributed by atoms with E-state index in [0.29, 0.717) is 24.0 Å². The summed E-state index contributed by atoms with van der Waals surface area (Å²) in [5.74, 6) is 2.07. The van der Waals surface area contributed by atoms with Crippen LogP contribution in [0, 0.1) is 12.8 Å². The van der Waals surface area contributed by atoms with Crippen molar-refractivity contribution in [2.75, 3.05) is 23.4 Å². The van der Waals surface area contributed by atoms with Crippen molar-refractivity contribution in [2.45, 2.75) is 33.1 Å². The number of fused-ring (bicyclic) bond motifs is 1. The van der Waals surface area contributed by atoms with Crippen molar-refractivity contribution in [3.8, 4) is 0 Å². The average Bonchev–Trinajstić information content (AvgIpc) is 2.84. The fourth-order valence-corrected chi connectivity index (χ4v) is 5.14. The van der Waals surface area contributed by atoms with Crippen LogP contribution in [-0.2, 0) is 9.84 Å². The third-order valence-electron chi connectivity index (χ3n) is 4.60. The van der Waals surface area contributed by atoms with Crippen LogP contribution >= 0.6 is 0 Å². The molecule has 0 bridgehead atoms. The zero-order valence-electron chi connectivity index (χ0n) is 14.0. The first kappa shape index (κ1) is 16.2. The van der Waals surface area contributed by atoms with Gasteiger partial charge in [-0.3, -0.25) is 0 Å². The zero-order valence-corrected chi connectivity index (χ0v) is 14.8. The molecule has 0 saturated carbocycles. The van der Waals surface area contributed by atoms with Crippen LogP contribution in [0.5, 0.6) is 0 Å². The maximum atomic E-state index is 11.6. The first-order chi connectivity index (χ1) is 10.9. The Hall–Kier alpha value is -1.62. The molecular weight excluding hydrogens is 308 g/mol. The average molecular weight is 332 g/mol. The van der Waals surface area contributed by atoms with Gasteiger partial charge in [-0.15, -0.1) is 0 Å². The van der Waals surface area contributed by atoms with E-state index in [1.807, 2.05) is 0 Å². The van der Waals surface area contributed by atoms with Crippen LogP contribution in [0.3, 0.4) is 0 Å². The molecule has 0 radical (unpaired) electrons. The molecule has 0 aliphatic carbocycles. The third-order valence-corrected chi connectivity index (χ3v) is 6.44. The number of para-hydroxylation sites is 1. The van der Waals surface area contributed by atoms with E-state index in [9.17, 15) is 8.42 Å². The molecule has 1 fully saturated rings. The summed E-state index contributed by atoms with van der Waals surface area (Å²) in [4.78, 5) is 4.79. The molecule has 0 spiro atoms. The van der Waals surface area contributed by atoms with E-state index in [4.69, 9.17) is 4.98 Å². The Morgan fingerprint density at radius 1 is 1.35 bits per heavy atom. The van der Waals surface area contributed by atoms with Crippen LogP contribution in [0.25, 0.3) is 10.9 Å². The first-order valence-electron chi connectivity index (χ1n) is 8.20. The quantitative estimate of drug-likeness (QED) is 0.931. The molecule has 1 saturated heterocycles. The second kappa shape index (κ2) is 6.11. The van der Waals surface area contributed by atoms with Gasteiger partial charge in [0.05, 0.1) is 17.0 Å². The Morgan fingerprint density at radius 3 is 2.78 bits per heavy atom. The standard InChI is InChI=1S/C18H24N2O2S/c1-12(2)15-5-4-6-16-13(3)9-17(20-18(15)16)19-10-14-7-8-23(21,22)11-14/h4-6,9,12,14H,7-8,10-11H2,1-3H3,(H,19,20). The zero-order chi connectivity index (χ0) is 16.6. The molecule has 4 nitrogen and oxygen atoms in total. The minimum atomic E-state index is -2.82. The van der Waals surface area contributed by atoms with Gasteiger partial charge in [-0.2, -0.15) is 0 Å². The molecule has 2 heterocycles. The van der Waals surface area contributed by atoms with E-state index in [-0.39, 0.29) is 5.92 Å². The van der Waals surface area contributed by atoms with Crippen LogP contribution < -0.4 is 5.32 Å². The molecule has 23 heavy (non-hydrogen) atoms. The van der Waals surface area contributed by atoms with Gasteiger partial charge in [0, 0.05) is 11.9 Å². The molecule has 1 unspecified atom stereocenters. The lowest BCUT2D eigenvalue weighted by Crippen LogP contribution is -2.16. The molecule has 1 N–H and O–H groups in total. The first-order valence-corrected chi connectivity index (χ1v) is 10.0. The summed E-state index contributed by atoms with van der Waals surface area (Å²) in [5, 5.41) is 4.53. The topological polar surface area (TPSA) is 59.1 Å². The Morgan fingerprint density at radius 2 is 2.13 bits per heavy atom. The number of sulfone groups is 1. The molecule has 124 valence electrons. The van der Waals surface area contributed by atoms with Crippen molar-refractivity contribution in [3.63, 3.8) is 0 Å². The molecule has 0 amide bonds. The highest BCUT2D eigenvalue weighted by Crippen LogP contribution is 2.28. The summed E-state index contributed by atoms with van der Waals surface area (Å²) >= 11 is 0. The monoisotopic (exact) mass is 332 g/mol. The van der Waals surface area contributed by atoms with Gasteiger partial charge in [0.15, 0.2) is 9.84 Å². The number of aromatic nitrogens is 1. The molecular formula is C18H24N2O2S. The number of anilines is 1. The number of hydrogen-bond acceptors (Lipinski definition) is 4. The second-order valence-corrected chi connectivity index (χ2v) is 9.10. The third kappa shape index (κ3) is 3.50. The summed E-state index contributed by atoms with van der Waals surface area (Å²) in [5.41, 5.74) is 3.49. The number of hydrogen-bond donors (Lipinski definition) is 1. The van der Waals surface area contributed by atoms with Crippen LogP contribution in [0.1, 0.15) is 37.3 Å².